The second-order valence-corrected chi connectivity index (χ2v) is 6.85. The lowest BCUT2D eigenvalue weighted by Gasteiger charge is -2.33. The Labute approximate surface area is 161 Å². The Kier molecular flexibility index (Phi) is 5.12. The molecule has 4 heterocycles. The maximum absolute atomic E-state index is 13.0. The molecule has 144 valence electrons. The fraction of sp³-hybridized carbons (Fsp3) is 0.421. The van der Waals surface area contributed by atoms with Crippen molar-refractivity contribution >= 4 is 11.9 Å². The molecule has 2 aromatic heterocycles. The molecular weight excluding hydrogens is 363 g/mol. The second-order valence-electron chi connectivity index (χ2n) is 6.85. The van der Waals surface area contributed by atoms with Crippen molar-refractivity contribution in [2.45, 2.75) is 25.3 Å². The molecule has 0 unspecified atom stereocenters. The number of pyridine rings is 1. The van der Waals surface area contributed by atoms with Gasteiger partial charge in [0.05, 0.1) is 30.3 Å². The van der Waals surface area contributed by atoms with Crippen molar-refractivity contribution < 1.29 is 14.0 Å². The highest BCUT2D eigenvalue weighted by Crippen LogP contribution is 2.32. The van der Waals surface area contributed by atoms with E-state index in [1.807, 2.05) is 11.0 Å². The van der Waals surface area contributed by atoms with Crippen molar-refractivity contribution in [3.63, 3.8) is 0 Å². The predicted octanol–water partition coefficient (Wildman–Crippen LogP) is 2.00. The molecule has 0 aliphatic carbocycles. The minimum absolute atomic E-state index is 0.0478. The molecule has 2 fully saturated rings. The Morgan fingerprint density at radius 2 is 1.89 bits per heavy atom. The molecule has 2 saturated heterocycles. The van der Waals surface area contributed by atoms with Crippen LogP contribution in [0.1, 0.15) is 36.6 Å². The number of nitriles is 1. The van der Waals surface area contributed by atoms with Gasteiger partial charge in [0.1, 0.15) is 12.1 Å². The zero-order chi connectivity index (χ0) is 19.5. The zero-order valence-corrected chi connectivity index (χ0v) is 15.2. The largest absolute Gasteiger partial charge is 0.341 e. The van der Waals surface area contributed by atoms with Crippen LogP contribution >= 0.6 is 0 Å². The van der Waals surface area contributed by atoms with Crippen LogP contribution in [-0.4, -0.2) is 45.6 Å². The molecule has 1 amide bonds. The van der Waals surface area contributed by atoms with Crippen molar-refractivity contribution in [1.29, 1.82) is 5.26 Å². The average molecular weight is 382 g/mol. The highest BCUT2D eigenvalue weighted by atomic mass is 19.1. The number of halogens is 1. The minimum atomic E-state index is -0.470. The number of anilines is 1. The van der Waals surface area contributed by atoms with E-state index in [9.17, 15) is 9.18 Å². The van der Waals surface area contributed by atoms with Crippen LogP contribution in [0.4, 0.5) is 10.3 Å². The fourth-order valence-electron chi connectivity index (χ4n) is 3.60. The van der Waals surface area contributed by atoms with Crippen molar-refractivity contribution in [1.82, 2.24) is 20.0 Å². The van der Waals surface area contributed by atoms with Gasteiger partial charge in [-0.1, -0.05) is 0 Å². The lowest BCUT2D eigenvalue weighted by atomic mass is 9.95. The van der Waals surface area contributed by atoms with Gasteiger partial charge in [0.2, 0.25) is 11.9 Å². The standard InChI is InChI=1S/C19H19FN6O2/c20-15-11-23-19(24-12-15)25-6-3-14(4-7-25)18(27)26-17(5-8-28-26)16-2-1-13(9-21)10-22-16/h1-2,10-12,14,17H,3-8H2/t17-/m0/s1. The Bertz CT molecular complexity index is 875. The number of aromatic nitrogens is 3. The molecule has 9 heteroatoms. The molecule has 2 aliphatic rings. The van der Waals surface area contributed by atoms with Gasteiger partial charge >= 0.3 is 0 Å². The molecule has 0 saturated carbocycles. The van der Waals surface area contributed by atoms with E-state index >= 15 is 0 Å². The van der Waals surface area contributed by atoms with Gasteiger partial charge < -0.3 is 4.90 Å². The number of hydrogen-bond donors (Lipinski definition) is 0. The summed E-state index contributed by atoms with van der Waals surface area (Å²) >= 11 is 0. The van der Waals surface area contributed by atoms with Gasteiger partial charge in [-0.3, -0.25) is 14.6 Å². The van der Waals surface area contributed by atoms with E-state index in [4.69, 9.17) is 10.1 Å². The van der Waals surface area contributed by atoms with E-state index in [1.165, 1.54) is 11.3 Å². The molecule has 2 aromatic rings. The van der Waals surface area contributed by atoms with Gasteiger partial charge in [-0.15, -0.1) is 0 Å². The van der Waals surface area contributed by atoms with Crippen LogP contribution in [-0.2, 0) is 9.63 Å². The third kappa shape index (κ3) is 3.64. The first-order valence-electron chi connectivity index (χ1n) is 9.20. The van der Waals surface area contributed by atoms with Crippen molar-refractivity contribution in [2.75, 3.05) is 24.6 Å². The molecule has 1 atom stereocenters. The number of nitrogens with zero attached hydrogens (tertiary/aromatic N) is 6. The van der Waals surface area contributed by atoms with Crippen LogP contribution in [0.5, 0.6) is 0 Å². The number of amides is 1. The summed E-state index contributed by atoms with van der Waals surface area (Å²) in [5.74, 6) is -0.198. The summed E-state index contributed by atoms with van der Waals surface area (Å²) in [5.41, 5.74) is 1.21. The first kappa shape index (κ1) is 18.3. The van der Waals surface area contributed by atoms with Crippen LogP contribution in [0.2, 0.25) is 0 Å². The number of rotatable bonds is 3. The maximum atomic E-state index is 13.0. The van der Waals surface area contributed by atoms with Gasteiger partial charge in [0, 0.05) is 31.6 Å². The van der Waals surface area contributed by atoms with E-state index in [-0.39, 0.29) is 17.9 Å². The summed E-state index contributed by atoms with van der Waals surface area (Å²) < 4.78 is 13.0. The molecule has 4 rings (SSSR count). The summed E-state index contributed by atoms with van der Waals surface area (Å²) in [7, 11) is 0. The second kappa shape index (κ2) is 7.86. The summed E-state index contributed by atoms with van der Waals surface area (Å²) in [5, 5.41) is 10.4. The lowest BCUT2D eigenvalue weighted by molar-refractivity contribution is -0.182. The molecule has 28 heavy (non-hydrogen) atoms. The number of carbonyl (C=O) groups is 1. The Morgan fingerprint density at radius 3 is 2.54 bits per heavy atom. The van der Waals surface area contributed by atoms with Crippen LogP contribution < -0.4 is 4.90 Å². The maximum Gasteiger partial charge on any atom is 0.250 e. The quantitative estimate of drug-likeness (QED) is 0.801. The topological polar surface area (TPSA) is 95.2 Å². The van der Waals surface area contributed by atoms with Crippen LogP contribution in [0.15, 0.2) is 30.7 Å². The molecule has 0 N–H and O–H groups in total. The third-order valence-electron chi connectivity index (χ3n) is 5.11. The van der Waals surface area contributed by atoms with Crippen molar-refractivity contribution in [2.24, 2.45) is 5.92 Å². The Hall–Kier alpha value is -3.12. The Morgan fingerprint density at radius 1 is 1.14 bits per heavy atom. The van der Waals surface area contributed by atoms with Crippen LogP contribution in [0, 0.1) is 23.1 Å². The fourth-order valence-corrected chi connectivity index (χ4v) is 3.60. The van der Waals surface area contributed by atoms with Gasteiger partial charge in [0.25, 0.3) is 0 Å². The summed E-state index contributed by atoms with van der Waals surface area (Å²) in [6, 6.07) is 5.27. The predicted molar refractivity (Wildman–Crippen MR) is 96.0 cm³/mol. The van der Waals surface area contributed by atoms with E-state index in [0.717, 1.165) is 18.1 Å². The molecule has 0 spiro atoms. The van der Waals surface area contributed by atoms with Gasteiger partial charge in [-0.05, 0) is 25.0 Å². The number of hydrogen-bond acceptors (Lipinski definition) is 7. The third-order valence-corrected chi connectivity index (χ3v) is 5.11. The molecular formula is C19H19FN6O2. The molecule has 2 aliphatic heterocycles. The zero-order valence-electron chi connectivity index (χ0n) is 15.2. The average Bonchev–Trinajstić information content (AvgIpc) is 3.24. The van der Waals surface area contributed by atoms with Gasteiger partial charge in [0.15, 0.2) is 5.82 Å². The molecule has 0 aromatic carbocycles. The van der Waals surface area contributed by atoms with Crippen molar-refractivity contribution in [3.8, 4) is 6.07 Å². The van der Waals surface area contributed by atoms with E-state index in [0.29, 0.717) is 50.5 Å². The first-order valence-corrected chi connectivity index (χ1v) is 9.20. The highest BCUT2D eigenvalue weighted by Gasteiger charge is 2.37. The monoisotopic (exact) mass is 382 g/mol. The van der Waals surface area contributed by atoms with Gasteiger partial charge in [-0.2, -0.15) is 5.26 Å². The molecule has 8 nitrogen and oxygen atoms in total. The number of carbonyl (C=O) groups excluding carboxylic acids is 1. The van der Waals surface area contributed by atoms with E-state index in [2.05, 4.69) is 15.0 Å². The SMILES string of the molecule is N#Cc1ccc([C@@H]2CCON2C(=O)C2CCN(c3ncc(F)cn3)CC2)nc1. The summed E-state index contributed by atoms with van der Waals surface area (Å²) in [6.45, 7) is 1.70. The van der Waals surface area contributed by atoms with E-state index < -0.39 is 5.82 Å². The van der Waals surface area contributed by atoms with Crippen molar-refractivity contribution in [3.05, 3.63) is 47.8 Å². The molecule has 0 bridgehead atoms. The lowest BCUT2D eigenvalue weighted by Crippen LogP contribution is -2.42. The number of piperidine rings is 1. The molecule has 0 radical (unpaired) electrons. The number of hydroxylamine groups is 2. The van der Waals surface area contributed by atoms with Gasteiger partial charge in [-0.25, -0.2) is 19.4 Å². The minimum Gasteiger partial charge on any atom is -0.341 e. The Balaban J connectivity index is 1.40. The smallest absolute Gasteiger partial charge is 0.250 e. The normalized spacial score (nSPS) is 20.2. The summed E-state index contributed by atoms with van der Waals surface area (Å²) in [4.78, 5) is 32.9. The van der Waals surface area contributed by atoms with Crippen LogP contribution in [0.25, 0.3) is 0 Å². The summed E-state index contributed by atoms with van der Waals surface area (Å²) in [6.07, 6.45) is 5.77. The first-order chi connectivity index (χ1) is 13.7. The highest BCUT2D eigenvalue weighted by molar-refractivity contribution is 5.78. The van der Waals surface area contributed by atoms with E-state index in [1.54, 1.807) is 12.1 Å². The van der Waals surface area contributed by atoms with Crippen LogP contribution in [0.3, 0.4) is 0 Å².